The number of para-hydroxylation sites is 2. The highest BCUT2D eigenvalue weighted by Crippen LogP contribution is 2.23. The molecule has 1 aliphatic heterocycles. The quantitative estimate of drug-likeness (QED) is 0.723. The number of rotatable bonds is 2. The Morgan fingerprint density at radius 2 is 2.00 bits per heavy atom. The highest BCUT2D eigenvalue weighted by molar-refractivity contribution is 7.99. The highest BCUT2D eigenvalue weighted by Gasteiger charge is 2.18. The van der Waals surface area contributed by atoms with Crippen molar-refractivity contribution in [2.75, 3.05) is 5.75 Å². The largest absolute Gasteiger partial charge is 0.320 e. The minimum atomic E-state index is 0. The number of hydrogen-bond acceptors (Lipinski definition) is 5. The maximum Gasteiger partial charge on any atom is 0.212 e. The maximum absolute atomic E-state index is 4.59. The van der Waals surface area contributed by atoms with Crippen LogP contribution >= 0.6 is 24.2 Å². The molecule has 0 radical (unpaired) electrons. The lowest BCUT2D eigenvalue weighted by atomic mass is 10.3. The van der Waals surface area contributed by atoms with Crippen LogP contribution in [0.3, 0.4) is 0 Å². The lowest BCUT2D eigenvalue weighted by Crippen LogP contribution is -2.13. The summed E-state index contributed by atoms with van der Waals surface area (Å²) in [6.45, 7) is 4.66. The van der Waals surface area contributed by atoms with Crippen LogP contribution in [-0.2, 0) is 6.54 Å². The smallest absolute Gasteiger partial charge is 0.212 e. The number of aryl methyl sites for hydroxylation is 1. The van der Waals surface area contributed by atoms with Crippen molar-refractivity contribution >= 4 is 40.9 Å². The summed E-state index contributed by atoms with van der Waals surface area (Å²) in [6.07, 6.45) is 0. The van der Waals surface area contributed by atoms with Crippen LogP contribution in [0.2, 0.25) is 0 Å². The van der Waals surface area contributed by atoms with Crippen LogP contribution in [-0.4, -0.2) is 35.9 Å². The van der Waals surface area contributed by atoms with Gasteiger partial charge in [-0.2, -0.15) is 9.78 Å². The molecule has 3 heterocycles. The third kappa shape index (κ3) is 2.40. The van der Waals surface area contributed by atoms with Gasteiger partial charge in [0.2, 0.25) is 5.16 Å². The van der Waals surface area contributed by atoms with E-state index in [-0.39, 0.29) is 12.4 Å². The Hall–Kier alpha value is -1.86. The number of halogens is 1. The lowest BCUT2D eigenvalue weighted by Gasteiger charge is -2.11. The molecule has 4 rings (SSSR count). The minimum absolute atomic E-state index is 0. The first-order valence-corrected chi connectivity index (χ1v) is 7.74. The number of aromatic nitrogens is 5. The van der Waals surface area contributed by atoms with Gasteiger partial charge in [-0.15, -0.1) is 22.6 Å². The van der Waals surface area contributed by atoms with Gasteiger partial charge < -0.3 is 4.57 Å². The molecule has 0 saturated carbocycles. The fourth-order valence-electron chi connectivity index (χ4n) is 2.49. The second-order valence-electron chi connectivity index (χ2n) is 5.07. The van der Waals surface area contributed by atoms with E-state index in [1.54, 1.807) is 11.8 Å². The van der Waals surface area contributed by atoms with Crippen LogP contribution in [0, 0.1) is 6.92 Å². The van der Waals surface area contributed by atoms with Gasteiger partial charge in [0.05, 0.1) is 17.6 Å². The molecule has 2 aromatic heterocycles. The fraction of sp³-hybridized carbons (Fsp3) is 0.286. The Bertz CT molecular complexity index is 865. The summed E-state index contributed by atoms with van der Waals surface area (Å²) in [5.74, 6) is 2.69. The SMILES string of the molecule is CC1=Nn2c(Cn3c(C)nc4ccccc43)nnc2SC1.Cl. The first-order chi connectivity index (χ1) is 10.2. The predicted molar refractivity (Wildman–Crippen MR) is 90.1 cm³/mol. The maximum atomic E-state index is 4.59. The zero-order chi connectivity index (χ0) is 14.4. The summed E-state index contributed by atoms with van der Waals surface area (Å²) in [5, 5.41) is 13.9. The van der Waals surface area contributed by atoms with Crippen LogP contribution in [0.5, 0.6) is 0 Å². The first kappa shape index (κ1) is 15.1. The first-order valence-electron chi connectivity index (χ1n) is 6.76. The van der Waals surface area contributed by atoms with Gasteiger partial charge in [0.25, 0.3) is 0 Å². The molecule has 0 N–H and O–H groups in total. The predicted octanol–water partition coefficient (Wildman–Crippen LogP) is 2.74. The van der Waals surface area contributed by atoms with Gasteiger partial charge >= 0.3 is 0 Å². The molecule has 22 heavy (non-hydrogen) atoms. The molecule has 8 heteroatoms. The number of hydrogen-bond donors (Lipinski definition) is 0. The third-order valence-electron chi connectivity index (χ3n) is 3.50. The zero-order valence-electron chi connectivity index (χ0n) is 12.2. The molecular formula is C14H15ClN6S. The van der Waals surface area contributed by atoms with Crippen molar-refractivity contribution in [3.8, 4) is 0 Å². The van der Waals surface area contributed by atoms with Crippen molar-refractivity contribution in [3.05, 3.63) is 35.9 Å². The number of imidazole rings is 1. The molecule has 1 aliphatic rings. The normalized spacial score (nSPS) is 13.6. The number of fused-ring (bicyclic) bond motifs is 2. The topological polar surface area (TPSA) is 60.9 Å². The van der Waals surface area contributed by atoms with Crippen molar-refractivity contribution in [2.24, 2.45) is 5.10 Å². The molecule has 0 unspecified atom stereocenters. The molecule has 114 valence electrons. The van der Waals surface area contributed by atoms with Crippen LogP contribution in [0.15, 0.2) is 34.5 Å². The molecular weight excluding hydrogens is 320 g/mol. The lowest BCUT2D eigenvalue weighted by molar-refractivity contribution is 0.658. The molecule has 6 nitrogen and oxygen atoms in total. The average molecular weight is 335 g/mol. The van der Waals surface area contributed by atoms with Gasteiger partial charge in [-0.25, -0.2) is 4.98 Å². The van der Waals surface area contributed by atoms with E-state index in [2.05, 4.69) is 30.9 Å². The van der Waals surface area contributed by atoms with E-state index in [0.29, 0.717) is 6.54 Å². The zero-order valence-corrected chi connectivity index (χ0v) is 13.9. The standard InChI is InChI=1S/C14H14N6S.ClH/c1-9-8-21-14-17-16-13(20(14)18-9)7-19-10(2)15-11-5-3-4-6-12(11)19;/h3-6H,7-8H2,1-2H3;1H. The fourth-order valence-corrected chi connectivity index (χ4v) is 3.25. The molecule has 0 atom stereocenters. The van der Waals surface area contributed by atoms with Gasteiger partial charge in [-0.05, 0) is 26.0 Å². The number of nitrogens with zero attached hydrogens (tertiary/aromatic N) is 6. The Labute approximate surface area is 138 Å². The van der Waals surface area contributed by atoms with Crippen LogP contribution in [0.25, 0.3) is 11.0 Å². The summed E-state index contributed by atoms with van der Waals surface area (Å²) in [4.78, 5) is 4.59. The summed E-state index contributed by atoms with van der Waals surface area (Å²) in [6, 6.07) is 8.13. The average Bonchev–Trinajstić information content (AvgIpc) is 3.01. The van der Waals surface area contributed by atoms with E-state index in [1.807, 2.05) is 36.7 Å². The van der Waals surface area contributed by atoms with Crippen molar-refractivity contribution in [3.63, 3.8) is 0 Å². The van der Waals surface area contributed by atoms with Gasteiger partial charge in [0, 0.05) is 11.5 Å². The van der Waals surface area contributed by atoms with E-state index in [1.165, 1.54) is 0 Å². The number of thioether (sulfide) groups is 1. The molecule has 0 bridgehead atoms. The van der Waals surface area contributed by atoms with E-state index >= 15 is 0 Å². The third-order valence-corrected chi connectivity index (χ3v) is 4.58. The Balaban J connectivity index is 0.00000144. The summed E-state index contributed by atoms with van der Waals surface area (Å²) >= 11 is 1.67. The van der Waals surface area contributed by atoms with E-state index < -0.39 is 0 Å². The van der Waals surface area contributed by atoms with Crippen molar-refractivity contribution in [2.45, 2.75) is 25.5 Å². The molecule has 0 fully saturated rings. The Kier molecular flexibility index (Phi) is 3.92. The molecule has 0 amide bonds. The second-order valence-corrected chi connectivity index (χ2v) is 6.01. The monoisotopic (exact) mass is 334 g/mol. The van der Waals surface area contributed by atoms with E-state index in [4.69, 9.17) is 0 Å². The molecule has 3 aromatic rings. The summed E-state index contributed by atoms with van der Waals surface area (Å²) in [7, 11) is 0. The van der Waals surface area contributed by atoms with Gasteiger partial charge in [0.15, 0.2) is 5.82 Å². The van der Waals surface area contributed by atoms with Crippen LogP contribution < -0.4 is 0 Å². The molecule has 0 saturated heterocycles. The molecule has 0 aliphatic carbocycles. The van der Waals surface area contributed by atoms with Crippen molar-refractivity contribution in [1.29, 1.82) is 0 Å². The van der Waals surface area contributed by atoms with E-state index in [0.717, 1.165) is 39.3 Å². The second kappa shape index (κ2) is 5.73. The molecule has 0 spiro atoms. The minimum Gasteiger partial charge on any atom is -0.320 e. The van der Waals surface area contributed by atoms with E-state index in [9.17, 15) is 0 Å². The Morgan fingerprint density at radius 3 is 2.86 bits per heavy atom. The van der Waals surface area contributed by atoms with Gasteiger partial charge in [-0.1, -0.05) is 23.9 Å². The Morgan fingerprint density at radius 1 is 1.18 bits per heavy atom. The van der Waals surface area contributed by atoms with Gasteiger partial charge in [0.1, 0.15) is 5.82 Å². The van der Waals surface area contributed by atoms with Crippen LogP contribution in [0.4, 0.5) is 0 Å². The highest BCUT2D eigenvalue weighted by atomic mass is 35.5. The summed E-state index contributed by atoms with van der Waals surface area (Å²) in [5.41, 5.74) is 3.19. The summed E-state index contributed by atoms with van der Waals surface area (Å²) < 4.78 is 3.99. The van der Waals surface area contributed by atoms with Crippen molar-refractivity contribution in [1.82, 2.24) is 24.4 Å². The van der Waals surface area contributed by atoms with Gasteiger partial charge in [-0.3, -0.25) is 0 Å². The van der Waals surface area contributed by atoms with Crippen molar-refractivity contribution < 1.29 is 0 Å². The molecule has 1 aromatic carbocycles. The number of benzene rings is 1. The van der Waals surface area contributed by atoms with Crippen LogP contribution in [0.1, 0.15) is 18.6 Å².